The topological polar surface area (TPSA) is 21.7 Å². The highest BCUT2D eigenvalue weighted by Crippen LogP contribution is 2.39. The van der Waals surface area contributed by atoms with Gasteiger partial charge in [-0.1, -0.05) is 32.9 Å². The van der Waals surface area contributed by atoms with E-state index in [0.717, 1.165) is 18.2 Å². The predicted octanol–water partition coefficient (Wildman–Crippen LogP) is 4.75. The van der Waals surface area contributed by atoms with E-state index in [9.17, 15) is 0 Å². The predicted molar refractivity (Wildman–Crippen MR) is 100 cm³/mol. The van der Waals surface area contributed by atoms with Crippen LogP contribution in [-0.4, -0.2) is 38.3 Å². The fraction of sp³-hybridized carbons (Fsp3) is 0.714. The summed E-state index contributed by atoms with van der Waals surface area (Å²) in [5, 5.41) is 0. The van der Waals surface area contributed by atoms with Crippen LogP contribution in [0.5, 0.6) is 5.75 Å². The van der Waals surface area contributed by atoms with Gasteiger partial charge in [0.15, 0.2) is 0 Å². The van der Waals surface area contributed by atoms with Gasteiger partial charge < -0.3 is 9.47 Å². The van der Waals surface area contributed by atoms with E-state index >= 15 is 0 Å². The maximum Gasteiger partial charge on any atom is 0.119 e. The third-order valence-corrected chi connectivity index (χ3v) is 5.43. The molecule has 0 saturated heterocycles. The highest BCUT2D eigenvalue weighted by molar-refractivity contribution is 5.28. The zero-order valence-electron chi connectivity index (χ0n) is 16.2. The first-order valence-corrected chi connectivity index (χ1v) is 9.31. The Morgan fingerprint density at radius 3 is 2.42 bits per heavy atom. The van der Waals surface area contributed by atoms with Gasteiger partial charge in [0.25, 0.3) is 0 Å². The third kappa shape index (κ3) is 5.78. The second kappa shape index (κ2) is 8.87. The molecular weight excluding hydrogens is 298 g/mol. The molecular formula is C21H35NO2. The van der Waals surface area contributed by atoms with Gasteiger partial charge in [-0.15, -0.1) is 0 Å². The molecule has 0 spiro atoms. The van der Waals surface area contributed by atoms with Gasteiger partial charge in [-0.25, -0.2) is 0 Å². The lowest BCUT2D eigenvalue weighted by Crippen LogP contribution is -2.37. The molecule has 1 aliphatic rings. The molecule has 0 unspecified atom stereocenters. The molecule has 0 amide bonds. The van der Waals surface area contributed by atoms with Gasteiger partial charge in [-0.2, -0.15) is 0 Å². The van der Waals surface area contributed by atoms with Crippen molar-refractivity contribution in [3.8, 4) is 5.75 Å². The summed E-state index contributed by atoms with van der Waals surface area (Å²) in [6, 6.07) is 9.17. The van der Waals surface area contributed by atoms with Gasteiger partial charge in [0.1, 0.15) is 12.4 Å². The number of methoxy groups -OCH3 is 1. The first kappa shape index (κ1) is 19.3. The number of rotatable bonds is 7. The van der Waals surface area contributed by atoms with Crippen LogP contribution in [0.4, 0.5) is 0 Å². The third-order valence-electron chi connectivity index (χ3n) is 5.43. The molecule has 1 aromatic rings. The van der Waals surface area contributed by atoms with E-state index in [-0.39, 0.29) is 0 Å². The number of benzene rings is 1. The van der Waals surface area contributed by atoms with Crippen LogP contribution in [0, 0.1) is 11.3 Å². The summed E-state index contributed by atoms with van der Waals surface area (Å²) in [6.45, 7) is 9.38. The van der Waals surface area contributed by atoms with Crippen molar-refractivity contribution in [1.82, 2.24) is 4.90 Å². The normalized spacial score (nSPS) is 21.9. The van der Waals surface area contributed by atoms with Gasteiger partial charge in [-0.05, 0) is 61.8 Å². The Balaban J connectivity index is 1.84. The second-order valence-corrected chi connectivity index (χ2v) is 8.28. The molecule has 136 valence electrons. The van der Waals surface area contributed by atoms with Crippen molar-refractivity contribution in [3.05, 3.63) is 29.8 Å². The van der Waals surface area contributed by atoms with E-state index in [1.807, 2.05) is 6.07 Å². The lowest BCUT2D eigenvalue weighted by molar-refractivity contribution is 0.107. The summed E-state index contributed by atoms with van der Waals surface area (Å²) < 4.78 is 10.8. The lowest BCUT2D eigenvalue weighted by atomic mass is 9.71. The minimum absolute atomic E-state index is 0.456. The van der Waals surface area contributed by atoms with Crippen LogP contribution in [-0.2, 0) is 11.3 Å². The molecule has 2 rings (SSSR count). The van der Waals surface area contributed by atoms with E-state index < -0.39 is 0 Å². The van der Waals surface area contributed by atoms with Crippen LogP contribution in [0.1, 0.15) is 52.0 Å². The van der Waals surface area contributed by atoms with Crippen LogP contribution in [0.2, 0.25) is 0 Å². The molecule has 3 nitrogen and oxygen atoms in total. The average Bonchev–Trinajstić information content (AvgIpc) is 2.55. The molecule has 0 heterocycles. The smallest absolute Gasteiger partial charge is 0.119 e. The zero-order valence-corrected chi connectivity index (χ0v) is 16.2. The van der Waals surface area contributed by atoms with Gasteiger partial charge in [0.05, 0.1) is 6.61 Å². The van der Waals surface area contributed by atoms with Gasteiger partial charge >= 0.3 is 0 Å². The molecule has 3 heteroatoms. The van der Waals surface area contributed by atoms with Crippen LogP contribution in [0.3, 0.4) is 0 Å². The Hall–Kier alpha value is -1.06. The largest absolute Gasteiger partial charge is 0.491 e. The average molecular weight is 334 g/mol. The quantitative estimate of drug-likeness (QED) is 0.672. The van der Waals surface area contributed by atoms with E-state index in [0.29, 0.717) is 24.7 Å². The number of hydrogen-bond donors (Lipinski definition) is 0. The molecule has 1 fully saturated rings. The minimum atomic E-state index is 0.456. The van der Waals surface area contributed by atoms with E-state index in [4.69, 9.17) is 9.47 Å². The highest BCUT2D eigenvalue weighted by Gasteiger charge is 2.30. The molecule has 1 aliphatic carbocycles. The van der Waals surface area contributed by atoms with Gasteiger partial charge in [0, 0.05) is 19.7 Å². The Morgan fingerprint density at radius 2 is 1.79 bits per heavy atom. The summed E-state index contributed by atoms with van der Waals surface area (Å²) in [5.41, 5.74) is 1.78. The molecule has 24 heavy (non-hydrogen) atoms. The number of ether oxygens (including phenoxy) is 2. The van der Waals surface area contributed by atoms with Crippen molar-refractivity contribution in [2.24, 2.45) is 11.3 Å². The standard InChI is InChI=1S/C21H35NO2/c1-21(2,3)18-9-11-19(12-10-18)22(4)16-17-7-6-8-20(15-17)24-14-13-23-5/h6-8,15,18-19H,9-14,16H2,1-5H3/t18-,19+. The molecule has 0 aliphatic heterocycles. The first-order chi connectivity index (χ1) is 11.4. The Bertz CT molecular complexity index is 487. The second-order valence-electron chi connectivity index (χ2n) is 8.28. The van der Waals surface area contributed by atoms with Crippen molar-refractivity contribution < 1.29 is 9.47 Å². The van der Waals surface area contributed by atoms with Crippen LogP contribution < -0.4 is 4.74 Å². The van der Waals surface area contributed by atoms with E-state index in [2.05, 4.69) is 50.9 Å². The maximum atomic E-state index is 5.72. The summed E-state index contributed by atoms with van der Waals surface area (Å²) in [4.78, 5) is 2.52. The lowest BCUT2D eigenvalue weighted by Gasteiger charge is -2.40. The Labute approximate surface area is 148 Å². The zero-order chi connectivity index (χ0) is 17.6. The fourth-order valence-corrected chi connectivity index (χ4v) is 3.78. The molecule has 1 aromatic carbocycles. The summed E-state index contributed by atoms with van der Waals surface area (Å²) in [7, 11) is 3.96. The van der Waals surface area contributed by atoms with Gasteiger partial charge in [-0.3, -0.25) is 4.90 Å². The summed E-state index contributed by atoms with van der Waals surface area (Å²) in [5.74, 6) is 1.81. The molecule has 1 saturated carbocycles. The SMILES string of the molecule is COCCOc1cccc(CN(C)[C@H]2CC[C@@H](C(C)(C)C)CC2)c1. The summed E-state index contributed by atoms with van der Waals surface area (Å²) >= 11 is 0. The first-order valence-electron chi connectivity index (χ1n) is 9.31. The Morgan fingerprint density at radius 1 is 1.08 bits per heavy atom. The van der Waals surface area contributed by atoms with Crippen molar-refractivity contribution in [3.63, 3.8) is 0 Å². The van der Waals surface area contributed by atoms with Crippen LogP contribution in [0.25, 0.3) is 0 Å². The molecule has 0 N–H and O–H groups in total. The number of hydrogen-bond acceptors (Lipinski definition) is 3. The van der Waals surface area contributed by atoms with Crippen molar-refractivity contribution in [2.45, 2.75) is 59.0 Å². The summed E-state index contributed by atoms with van der Waals surface area (Å²) in [6.07, 6.45) is 5.36. The highest BCUT2D eigenvalue weighted by atomic mass is 16.5. The molecule has 0 aromatic heterocycles. The molecule has 0 radical (unpaired) electrons. The van der Waals surface area contributed by atoms with Gasteiger partial charge in [0.2, 0.25) is 0 Å². The van der Waals surface area contributed by atoms with Crippen molar-refractivity contribution in [2.75, 3.05) is 27.4 Å². The Kier molecular flexibility index (Phi) is 7.12. The molecule has 0 atom stereocenters. The fourth-order valence-electron chi connectivity index (χ4n) is 3.78. The van der Waals surface area contributed by atoms with Crippen LogP contribution in [0.15, 0.2) is 24.3 Å². The van der Waals surface area contributed by atoms with Crippen molar-refractivity contribution in [1.29, 1.82) is 0 Å². The number of nitrogens with zero attached hydrogens (tertiary/aromatic N) is 1. The van der Waals surface area contributed by atoms with Crippen LogP contribution >= 0.6 is 0 Å². The molecule has 0 bridgehead atoms. The van der Waals surface area contributed by atoms with E-state index in [1.165, 1.54) is 31.2 Å². The van der Waals surface area contributed by atoms with E-state index in [1.54, 1.807) is 7.11 Å². The maximum absolute atomic E-state index is 5.72. The minimum Gasteiger partial charge on any atom is -0.491 e. The monoisotopic (exact) mass is 333 g/mol. The van der Waals surface area contributed by atoms with Crippen molar-refractivity contribution >= 4 is 0 Å².